The van der Waals surface area contributed by atoms with Crippen LogP contribution in [-0.4, -0.2) is 53.7 Å². The first-order valence-corrected chi connectivity index (χ1v) is 8.31. The number of anilines is 1. The van der Waals surface area contributed by atoms with Crippen LogP contribution >= 0.6 is 0 Å². The van der Waals surface area contributed by atoms with E-state index in [1.807, 2.05) is 18.7 Å². The van der Waals surface area contributed by atoms with E-state index >= 15 is 0 Å². The zero-order chi connectivity index (χ0) is 17.7. The average molecular weight is 331 g/mol. The lowest BCUT2D eigenvalue weighted by molar-refractivity contribution is -0.133. The Bertz CT molecular complexity index is 602. The monoisotopic (exact) mass is 331 g/mol. The number of hydrogen-bond acceptors (Lipinski definition) is 3. The smallest absolute Gasteiger partial charge is 0.253 e. The number of hydrogen-bond donors (Lipinski definition) is 1. The standard InChI is InChI=1S/C18H25N3O3/c1-13(2)12-17(23)20-8-10-21(11-9-20)18(24)15-4-6-16(7-5-15)19-14(3)22/h4-7,13H,8-12H2,1-3H3,(H,19,22). The van der Waals surface area contributed by atoms with Gasteiger partial charge in [-0.2, -0.15) is 0 Å². The average Bonchev–Trinajstić information content (AvgIpc) is 2.54. The maximum atomic E-state index is 12.5. The van der Waals surface area contributed by atoms with Gasteiger partial charge in [-0.1, -0.05) is 13.8 Å². The summed E-state index contributed by atoms with van der Waals surface area (Å²) in [5.41, 5.74) is 1.26. The van der Waals surface area contributed by atoms with Crippen molar-refractivity contribution >= 4 is 23.4 Å². The van der Waals surface area contributed by atoms with Crippen molar-refractivity contribution in [1.29, 1.82) is 0 Å². The van der Waals surface area contributed by atoms with Crippen molar-refractivity contribution in [3.63, 3.8) is 0 Å². The van der Waals surface area contributed by atoms with Crippen LogP contribution in [0.4, 0.5) is 5.69 Å². The molecule has 0 spiro atoms. The van der Waals surface area contributed by atoms with Gasteiger partial charge >= 0.3 is 0 Å². The minimum atomic E-state index is -0.142. The molecule has 2 rings (SSSR count). The zero-order valence-electron chi connectivity index (χ0n) is 14.5. The number of nitrogens with zero attached hydrogens (tertiary/aromatic N) is 2. The van der Waals surface area contributed by atoms with Gasteiger partial charge < -0.3 is 15.1 Å². The van der Waals surface area contributed by atoms with Gasteiger partial charge in [0.1, 0.15) is 0 Å². The molecule has 0 bridgehead atoms. The van der Waals surface area contributed by atoms with Crippen LogP contribution in [0.2, 0.25) is 0 Å². The fourth-order valence-electron chi connectivity index (χ4n) is 2.72. The highest BCUT2D eigenvalue weighted by Crippen LogP contribution is 2.14. The Labute approximate surface area is 142 Å². The van der Waals surface area contributed by atoms with Crippen molar-refractivity contribution in [3.8, 4) is 0 Å². The van der Waals surface area contributed by atoms with Gasteiger partial charge in [0.05, 0.1) is 0 Å². The van der Waals surface area contributed by atoms with Crippen LogP contribution in [0.5, 0.6) is 0 Å². The summed E-state index contributed by atoms with van der Waals surface area (Å²) in [5.74, 6) is 0.327. The van der Waals surface area contributed by atoms with Gasteiger partial charge in [-0.05, 0) is 30.2 Å². The molecule has 24 heavy (non-hydrogen) atoms. The lowest BCUT2D eigenvalue weighted by atomic mass is 10.1. The summed E-state index contributed by atoms with van der Waals surface area (Å²) < 4.78 is 0. The Morgan fingerprint density at radius 2 is 1.54 bits per heavy atom. The number of carbonyl (C=O) groups is 3. The first kappa shape index (κ1) is 18.0. The molecular formula is C18H25N3O3. The van der Waals surface area contributed by atoms with Crippen molar-refractivity contribution in [1.82, 2.24) is 9.80 Å². The molecule has 0 aliphatic carbocycles. The molecule has 1 aromatic rings. The van der Waals surface area contributed by atoms with Gasteiger partial charge in [-0.25, -0.2) is 0 Å². The van der Waals surface area contributed by atoms with Gasteiger partial charge in [-0.15, -0.1) is 0 Å². The molecule has 1 saturated heterocycles. The van der Waals surface area contributed by atoms with Crippen LogP contribution in [0.25, 0.3) is 0 Å². The van der Waals surface area contributed by atoms with Gasteiger partial charge in [0.2, 0.25) is 11.8 Å². The minimum absolute atomic E-state index is 0.0414. The van der Waals surface area contributed by atoms with E-state index in [1.54, 1.807) is 29.2 Å². The second-order valence-corrected chi connectivity index (χ2v) is 6.53. The molecule has 130 valence electrons. The van der Waals surface area contributed by atoms with Gasteiger partial charge in [0.15, 0.2) is 0 Å². The summed E-state index contributed by atoms with van der Waals surface area (Å²) in [7, 11) is 0. The molecule has 1 fully saturated rings. The van der Waals surface area contributed by atoms with Crippen LogP contribution in [0, 0.1) is 5.92 Å². The second-order valence-electron chi connectivity index (χ2n) is 6.53. The van der Waals surface area contributed by atoms with E-state index in [1.165, 1.54) is 6.92 Å². The van der Waals surface area contributed by atoms with Gasteiger partial charge in [0.25, 0.3) is 5.91 Å². The molecule has 6 nitrogen and oxygen atoms in total. The molecule has 0 unspecified atom stereocenters. The van der Waals surface area contributed by atoms with Crippen molar-refractivity contribution in [2.24, 2.45) is 5.92 Å². The molecule has 1 aliphatic heterocycles. The molecule has 1 aliphatic rings. The number of carbonyl (C=O) groups excluding carboxylic acids is 3. The maximum absolute atomic E-state index is 12.5. The Morgan fingerprint density at radius 3 is 2.04 bits per heavy atom. The third-order valence-corrected chi connectivity index (χ3v) is 3.95. The Hall–Kier alpha value is -2.37. The molecular weight excluding hydrogens is 306 g/mol. The summed E-state index contributed by atoms with van der Waals surface area (Å²) in [6.07, 6.45) is 0.554. The van der Waals surface area contributed by atoms with Crippen LogP contribution < -0.4 is 5.32 Å². The molecule has 0 radical (unpaired) electrons. The number of benzene rings is 1. The number of amides is 3. The quantitative estimate of drug-likeness (QED) is 0.917. The van der Waals surface area contributed by atoms with Crippen LogP contribution in [-0.2, 0) is 9.59 Å². The maximum Gasteiger partial charge on any atom is 0.253 e. The Morgan fingerprint density at radius 1 is 1.00 bits per heavy atom. The fraction of sp³-hybridized carbons (Fsp3) is 0.500. The largest absolute Gasteiger partial charge is 0.339 e. The summed E-state index contributed by atoms with van der Waals surface area (Å²) in [6, 6.07) is 6.86. The summed E-state index contributed by atoms with van der Waals surface area (Å²) >= 11 is 0. The zero-order valence-corrected chi connectivity index (χ0v) is 14.5. The molecule has 3 amide bonds. The van der Waals surface area contributed by atoms with E-state index in [9.17, 15) is 14.4 Å². The van der Waals surface area contributed by atoms with Crippen LogP contribution in [0.3, 0.4) is 0 Å². The number of rotatable bonds is 4. The highest BCUT2D eigenvalue weighted by atomic mass is 16.2. The first-order chi connectivity index (χ1) is 11.4. The van der Waals surface area contributed by atoms with E-state index in [0.717, 1.165) is 0 Å². The first-order valence-electron chi connectivity index (χ1n) is 8.31. The highest BCUT2D eigenvalue weighted by Gasteiger charge is 2.25. The number of nitrogens with one attached hydrogen (secondary N) is 1. The molecule has 1 aromatic carbocycles. The van der Waals surface area contributed by atoms with E-state index < -0.39 is 0 Å². The molecule has 6 heteroatoms. The van der Waals surface area contributed by atoms with Crippen LogP contribution in [0.1, 0.15) is 37.6 Å². The van der Waals surface area contributed by atoms with E-state index in [4.69, 9.17) is 0 Å². The normalized spacial score (nSPS) is 14.7. The summed E-state index contributed by atoms with van der Waals surface area (Å²) in [5, 5.41) is 2.68. The van der Waals surface area contributed by atoms with Crippen molar-refractivity contribution < 1.29 is 14.4 Å². The topological polar surface area (TPSA) is 69.7 Å². The predicted octanol–water partition coefficient (Wildman–Crippen LogP) is 1.98. The molecule has 0 aromatic heterocycles. The summed E-state index contributed by atoms with van der Waals surface area (Å²) in [6.45, 7) is 7.78. The molecule has 0 saturated carbocycles. The SMILES string of the molecule is CC(=O)Nc1ccc(C(=O)N2CCN(C(=O)CC(C)C)CC2)cc1. The van der Waals surface area contributed by atoms with Crippen molar-refractivity contribution in [3.05, 3.63) is 29.8 Å². The minimum Gasteiger partial charge on any atom is -0.339 e. The van der Waals surface area contributed by atoms with E-state index in [-0.39, 0.29) is 17.7 Å². The lowest BCUT2D eigenvalue weighted by Crippen LogP contribution is -2.50. The summed E-state index contributed by atoms with van der Waals surface area (Å²) in [4.78, 5) is 39.2. The third kappa shape index (κ3) is 4.81. The highest BCUT2D eigenvalue weighted by molar-refractivity contribution is 5.95. The third-order valence-electron chi connectivity index (χ3n) is 3.95. The lowest BCUT2D eigenvalue weighted by Gasteiger charge is -2.35. The van der Waals surface area contributed by atoms with Crippen LogP contribution in [0.15, 0.2) is 24.3 Å². The predicted molar refractivity (Wildman–Crippen MR) is 92.7 cm³/mol. The molecule has 0 atom stereocenters. The molecule has 1 heterocycles. The van der Waals surface area contributed by atoms with Gasteiger partial charge in [0, 0.05) is 50.8 Å². The Balaban J connectivity index is 1.90. The number of piperazine rings is 1. The van der Waals surface area contributed by atoms with E-state index in [0.29, 0.717) is 49.8 Å². The fourth-order valence-corrected chi connectivity index (χ4v) is 2.72. The molecule has 1 N–H and O–H groups in total. The van der Waals surface area contributed by atoms with E-state index in [2.05, 4.69) is 5.32 Å². The van der Waals surface area contributed by atoms with Crippen molar-refractivity contribution in [2.45, 2.75) is 27.2 Å². The Kier molecular flexibility index (Phi) is 5.95. The van der Waals surface area contributed by atoms with Crippen molar-refractivity contribution in [2.75, 3.05) is 31.5 Å². The van der Waals surface area contributed by atoms with Gasteiger partial charge in [-0.3, -0.25) is 14.4 Å². The second kappa shape index (κ2) is 7.95.